The molecular formula is C18H23FN4O. The number of hydrogen-bond acceptors (Lipinski definition) is 3. The van der Waals surface area contributed by atoms with Crippen LogP contribution < -0.4 is 5.73 Å². The lowest BCUT2D eigenvalue weighted by atomic mass is 10.1. The number of halogens is 1. The van der Waals surface area contributed by atoms with Crippen LogP contribution in [0.3, 0.4) is 0 Å². The summed E-state index contributed by atoms with van der Waals surface area (Å²) < 4.78 is 16.0. The van der Waals surface area contributed by atoms with Crippen molar-refractivity contribution in [1.82, 2.24) is 14.7 Å². The highest BCUT2D eigenvalue weighted by Crippen LogP contribution is 2.29. The molecule has 1 heterocycles. The van der Waals surface area contributed by atoms with Crippen molar-refractivity contribution in [2.24, 2.45) is 5.73 Å². The molecule has 2 aromatic rings. The van der Waals surface area contributed by atoms with E-state index < -0.39 is 0 Å². The normalized spacial score (nSPS) is 14.5. The van der Waals surface area contributed by atoms with E-state index in [0.29, 0.717) is 17.9 Å². The van der Waals surface area contributed by atoms with Crippen LogP contribution in [0.2, 0.25) is 0 Å². The van der Waals surface area contributed by atoms with Gasteiger partial charge in [-0.3, -0.25) is 4.79 Å². The van der Waals surface area contributed by atoms with Gasteiger partial charge in [-0.25, -0.2) is 9.07 Å². The highest BCUT2D eigenvalue weighted by Gasteiger charge is 2.30. The Kier molecular flexibility index (Phi) is 4.41. The highest BCUT2D eigenvalue weighted by molar-refractivity contribution is 5.94. The first-order chi connectivity index (χ1) is 11.4. The summed E-state index contributed by atoms with van der Waals surface area (Å²) in [6.45, 7) is 4.13. The van der Waals surface area contributed by atoms with Crippen LogP contribution in [0.5, 0.6) is 0 Å². The van der Waals surface area contributed by atoms with Crippen LogP contribution in [-0.2, 0) is 12.8 Å². The largest absolute Gasteiger partial charge is 0.336 e. The second-order valence-corrected chi connectivity index (χ2v) is 6.49. The third-order valence-corrected chi connectivity index (χ3v) is 4.79. The number of nitrogens with zero attached hydrogens (tertiary/aromatic N) is 3. The van der Waals surface area contributed by atoms with E-state index in [4.69, 9.17) is 5.73 Å². The van der Waals surface area contributed by atoms with Crippen molar-refractivity contribution in [3.63, 3.8) is 0 Å². The molecule has 1 aliphatic carbocycles. The van der Waals surface area contributed by atoms with Crippen molar-refractivity contribution >= 4 is 5.91 Å². The summed E-state index contributed by atoms with van der Waals surface area (Å²) >= 11 is 0. The molecule has 5 nitrogen and oxygen atoms in total. The zero-order chi connectivity index (χ0) is 17.4. The molecule has 24 heavy (non-hydrogen) atoms. The van der Waals surface area contributed by atoms with Gasteiger partial charge in [0.1, 0.15) is 11.5 Å². The quantitative estimate of drug-likeness (QED) is 0.935. The van der Waals surface area contributed by atoms with Gasteiger partial charge in [0.2, 0.25) is 0 Å². The van der Waals surface area contributed by atoms with Crippen LogP contribution >= 0.6 is 0 Å². The predicted octanol–water partition coefficient (Wildman–Crippen LogP) is 2.23. The van der Waals surface area contributed by atoms with Gasteiger partial charge in [0.25, 0.3) is 5.91 Å². The van der Waals surface area contributed by atoms with Crippen molar-refractivity contribution in [2.75, 3.05) is 13.6 Å². The van der Waals surface area contributed by atoms with Crippen LogP contribution in [0, 0.1) is 12.7 Å². The summed E-state index contributed by atoms with van der Waals surface area (Å²) in [6.07, 6.45) is 2.56. The van der Waals surface area contributed by atoms with Crippen LogP contribution in [0.1, 0.15) is 40.7 Å². The summed E-state index contributed by atoms with van der Waals surface area (Å²) in [5.41, 5.74) is 9.22. The molecule has 1 aromatic heterocycles. The fraction of sp³-hybridized carbons (Fsp3) is 0.444. The minimum atomic E-state index is -0.324. The molecule has 3 rings (SSSR count). The molecule has 0 saturated carbocycles. The van der Waals surface area contributed by atoms with Gasteiger partial charge in [0, 0.05) is 30.9 Å². The van der Waals surface area contributed by atoms with Crippen molar-refractivity contribution in [3.05, 3.63) is 46.5 Å². The molecule has 1 unspecified atom stereocenters. The standard InChI is InChI=1S/C18H23FN4O/c1-11-7-8-16(14(19)9-11)23-15-6-4-5-13(15)17(21-23)18(24)22(3)12(2)10-20/h7-9,12H,4-6,10,20H2,1-3H3. The molecule has 1 aromatic carbocycles. The lowest BCUT2D eigenvalue weighted by Gasteiger charge is -2.23. The number of carbonyl (C=O) groups is 1. The summed E-state index contributed by atoms with van der Waals surface area (Å²) in [5, 5.41) is 4.47. The van der Waals surface area contributed by atoms with Crippen LogP contribution in [-0.4, -0.2) is 40.2 Å². The molecule has 0 saturated heterocycles. The maximum Gasteiger partial charge on any atom is 0.274 e. The molecule has 0 radical (unpaired) electrons. The van der Waals surface area contributed by atoms with Gasteiger partial charge in [0.15, 0.2) is 5.69 Å². The van der Waals surface area contributed by atoms with Crippen LogP contribution in [0.15, 0.2) is 18.2 Å². The summed E-state index contributed by atoms with van der Waals surface area (Å²) in [7, 11) is 1.73. The van der Waals surface area contributed by atoms with Gasteiger partial charge in [-0.05, 0) is 50.8 Å². The first-order valence-corrected chi connectivity index (χ1v) is 8.28. The van der Waals surface area contributed by atoms with Crippen molar-refractivity contribution < 1.29 is 9.18 Å². The first-order valence-electron chi connectivity index (χ1n) is 8.28. The average Bonchev–Trinajstić information content (AvgIpc) is 3.15. The molecule has 128 valence electrons. The number of amides is 1. The minimum absolute atomic E-state index is 0.0733. The average molecular weight is 330 g/mol. The fourth-order valence-corrected chi connectivity index (χ4v) is 3.12. The van der Waals surface area contributed by atoms with Crippen LogP contribution in [0.25, 0.3) is 5.69 Å². The Hall–Kier alpha value is -2.21. The Bertz CT molecular complexity index is 784. The van der Waals surface area contributed by atoms with Crippen molar-refractivity contribution in [3.8, 4) is 5.69 Å². The number of likely N-dealkylation sites (N-methyl/N-ethyl adjacent to an activating group) is 1. The Morgan fingerprint density at radius 3 is 2.88 bits per heavy atom. The third-order valence-electron chi connectivity index (χ3n) is 4.79. The van der Waals surface area contributed by atoms with Gasteiger partial charge < -0.3 is 10.6 Å². The second-order valence-electron chi connectivity index (χ2n) is 6.49. The van der Waals surface area contributed by atoms with E-state index in [-0.39, 0.29) is 17.8 Å². The molecule has 2 N–H and O–H groups in total. The van der Waals surface area contributed by atoms with Gasteiger partial charge >= 0.3 is 0 Å². The monoisotopic (exact) mass is 330 g/mol. The predicted molar refractivity (Wildman–Crippen MR) is 90.9 cm³/mol. The molecular weight excluding hydrogens is 307 g/mol. The number of benzene rings is 1. The lowest BCUT2D eigenvalue weighted by molar-refractivity contribution is 0.0741. The zero-order valence-electron chi connectivity index (χ0n) is 14.3. The second kappa shape index (κ2) is 6.36. The Balaban J connectivity index is 2.07. The smallest absolute Gasteiger partial charge is 0.274 e. The third kappa shape index (κ3) is 2.71. The van der Waals surface area contributed by atoms with Gasteiger partial charge in [-0.15, -0.1) is 0 Å². The molecule has 0 aliphatic heterocycles. The topological polar surface area (TPSA) is 64.2 Å². The van der Waals surface area contributed by atoms with E-state index in [2.05, 4.69) is 5.10 Å². The molecule has 1 amide bonds. The minimum Gasteiger partial charge on any atom is -0.336 e. The molecule has 0 spiro atoms. The van der Waals surface area contributed by atoms with Gasteiger partial charge in [-0.2, -0.15) is 5.10 Å². The van der Waals surface area contributed by atoms with E-state index in [1.807, 2.05) is 19.9 Å². The molecule has 1 aliphatic rings. The summed E-state index contributed by atoms with van der Waals surface area (Å²) in [5.74, 6) is -0.479. The fourth-order valence-electron chi connectivity index (χ4n) is 3.12. The van der Waals surface area contributed by atoms with E-state index in [1.54, 1.807) is 22.7 Å². The van der Waals surface area contributed by atoms with Crippen molar-refractivity contribution in [1.29, 1.82) is 0 Å². The maximum atomic E-state index is 14.4. The SMILES string of the molecule is Cc1ccc(-n2nc(C(=O)N(C)C(C)CN)c3c2CCC3)c(F)c1. The van der Waals surface area contributed by atoms with E-state index in [0.717, 1.165) is 36.1 Å². The molecule has 6 heteroatoms. The van der Waals surface area contributed by atoms with Gasteiger partial charge in [-0.1, -0.05) is 6.07 Å². The van der Waals surface area contributed by atoms with E-state index in [9.17, 15) is 9.18 Å². The molecule has 0 fully saturated rings. The number of nitrogens with two attached hydrogens (primary N) is 1. The number of rotatable bonds is 4. The van der Waals surface area contributed by atoms with E-state index >= 15 is 0 Å². The van der Waals surface area contributed by atoms with Gasteiger partial charge in [0.05, 0.1) is 0 Å². The number of aryl methyl sites for hydroxylation is 1. The van der Waals surface area contributed by atoms with Crippen molar-refractivity contribution in [2.45, 2.75) is 39.2 Å². The summed E-state index contributed by atoms with van der Waals surface area (Å²) in [4.78, 5) is 14.4. The zero-order valence-corrected chi connectivity index (χ0v) is 14.3. The highest BCUT2D eigenvalue weighted by atomic mass is 19.1. The van der Waals surface area contributed by atoms with Crippen LogP contribution in [0.4, 0.5) is 4.39 Å². The molecule has 1 atom stereocenters. The Morgan fingerprint density at radius 1 is 1.46 bits per heavy atom. The number of carbonyl (C=O) groups excluding carboxylic acids is 1. The number of hydrogen-bond donors (Lipinski definition) is 1. The first kappa shape index (κ1) is 16.6. The lowest BCUT2D eigenvalue weighted by Crippen LogP contribution is -2.40. The Morgan fingerprint density at radius 2 is 2.21 bits per heavy atom. The van der Waals surface area contributed by atoms with E-state index in [1.165, 1.54) is 6.07 Å². The summed E-state index contributed by atoms with van der Waals surface area (Å²) in [6, 6.07) is 4.99. The number of aromatic nitrogens is 2. The number of fused-ring (bicyclic) bond motifs is 1. The Labute approximate surface area is 141 Å². The molecule has 0 bridgehead atoms. The maximum absolute atomic E-state index is 14.4.